The van der Waals surface area contributed by atoms with Gasteiger partial charge in [-0.05, 0) is 13.8 Å². The first-order valence-electron chi connectivity index (χ1n) is 2.27. The van der Waals surface area contributed by atoms with Gasteiger partial charge in [-0.2, -0.15) is 0 Å². The normalized spacial score (nSPS) is 10.1. The molecule has 0 radical (unpaired) electrons. The van der Waals surface area contributed by atoms with E-state index in [9.17, 15) is 9.90 Å². The van der Waals surface area contributed by atoms with Crippen LogP contribution in [0.1, 0.15) is 13.8 Å². The zero-order valence-electron chi connectivity index (χ0n) is 6.22. The summed E-state index contributed by atoms with van der Waals surface area (Å²) in [5, 5.41) is 10.0. The van der Waals surface area contributed by atoms with Gasteiger partial charge in [-0.3, -0.25) is 0 Å². The smallest absolute Gasteiger partial charge is 0.547 e. The second-order valence-corrected chi connectivity index (χ2v) is 2.00. The molecule has 0 saturated carbocycles. The van der Waals surface area contributed by atoms with Gasteiger partial charge >= 0.3 is 58.2 Å². The van der Waals surface area contributed by atoms with Gasteiger partial charge in [0.1, 0.15) is 5.60 Å². The zero-order chi connectivity index (χ0) is 6.78. The van der Waals surface area contributed by atoms with Crippen molar-refractivity contribution in [1.29, 1.82) is 0 Å². The van der Waals surface area contributed by atoms with E-state index in [0.29, 0.717) is 0 Å². The number of carboxylic acids is 1. The van der Waals surface area contributed by atoms with Crippen molar-refractivity contribution in [3.8, 4) is 0 Å². The van der Waals surface area contributed by atoms with Crippen LogP contribution in [0.3, 0.4) is 0 Å². The largest absolute Gasteiger partial charge is 1.00 e. The van der Waals surface area contributed by atoms with Crippen LogP contribution in [0.5, 0.6) is 0 Å². The van der Waals surface area contributed by atoms with Crippen molar-refractivity contribution in [1.82, 2.24) is 0 Å². The van der Waals surface area contributed by atoms with Crippen LogP contribution in [0.25, 0.3) is 0 Å². The van der Waals surface area contributed by atoms with Crippen LogP contribution in [0.2, 0.25) is 0 Å². The van der Waals surface area contributed by atoms with Gasteiger partial charge in [0.05, 0.1) is 5.97 Å². The SMILES string of the molecule is COC(C)(C)C(=O)[O-].[Rb+]. The van der Waals surface area contributed by atoms with Crippen molar-refractivity contribution in [2.45, 2.75) is 19.4 Å². The molecule has 0 aromatic rings. The van der Waals surface area contributed by atoms with Crippen LogP contribution in [0.4, 0.5) is 0 Å². The monoisotopic (exact) mass is 202 g/mol. The predicted octanol–water partition coefficient (Wildman–Crippen LogP) is -3.83. The van der Waals surface area contributed by atoms with E-state index >= 15 is 0 Å². The molecule has 0 aromatic heterocycles. The molecule has 0 atom stereocenters. The average molecular weight is 203 g/mol. The van der Waals surface area contributed by atoms with Gasteiger partial charge in [-0.1, -0.05) is 0 Å². The molecule has 4 heteroatoms. The Morgan fingerprint density at radius 3 is 1.89 bits per heavy atom. The van der Waals surface area contributed by atoms with Crippen molar-refractivity contribution in [3.63, 3.8) is 0 Å². The van der Waals surface area contributed by atoms with Crippen LogP contribution >= 0.6 is 0 Å². The second-order valence-electron chi connectivity index (χ2n) is 2.00. The minimum absolute atomic E-state index is 0. The molecule has 9 heavy (non-hydrogen) atoms. The number of aliphatic carboxylic acids is 1. The molecule has 0 aliphatic heterocycles. The molecule has 0 N–H and O–H groups in total. The minimum Gasteiger partial charge on any atom is -0.547 e. The Bertz CT molecular complexity index is 100. The molecule has 0 aromatic carbocycles. The van der Waals surface area contributed by atoms with Crippen LogP contribution in [0, 0.1) is 0 Å². The van der Waals surface area contributed by atoms with Gasteiger partial charge < -0.3 is 14.6 Å². The molecule has 0 aliphatic carbocycles. The molecule has 0 spiro atoms. The van der Waals surface area contributed by atoms with Crippen molar-refractivity contribution >= 4 is 5.97 Å². The first-order valence-corrected chi connectivity index (χ1v) is 2.27. The third kappa shape index (κ3) is 4.61. The summed E-state index contributed by atoms with van der Waals surface area (Å²) in [5.74, 6) is -1.19. The Labute approximate surface area is 104 Å². The van der Waals surface area contributed by atoms with Gasteiger partial charge in [0, 0.05) is 7.11 Å². The number of carbonyl (C=O) groups is 1. The number of methoxy groups -OCH3 is 1. The van der Waals surface area contributed by atoms with Gasteiger partial charge in [0.2, 0.25) is 0 Å². The first kappa shape index (κ1) is 12.9. The number of hydrogen-bond donors (Lipinski definition) is 0. The fourth-order valence-corrected chi connectivity index (χ4v) is 0.0833. The number of carbonyl (C=O) groups excluding carboxylic acids is 1. The van der Waals surface area contributed by atoms with Crippen LogP contribution in [0.15, 0.2) is 0 Å². The standard InChI is InChI=1S/C5H10O3.Rb/c1-5(2,8-3)4(6)7;/h1-3H3,(H,6,7);/q;+1/p-1. The molecule has 0 saturated heterocycles. The fourth-order valence-electron chi connectivity index (χ4n) is 0.0833. The third-order valence-corrected chi connectivity index (χ3v) is 1.00. The molecule has 0 aliphatic rings. The Balaban J connectivity index is 0. The van der Waals surface area contributed by atoms with Crippen molar-refractivity contribution in [3.05, 3.63) is 0 Å². The number of ether oxygens (including phenoxy) is 1. The van der Waals surface area contributed by atoms with E-state index in [1.54, 1.807) is 0 Å². The van der Waals surface area contributed by atoms with Gasteiger partial charge in [-0.15, -0.1) is 0 Å². The Hall–Kier alpha value is 1.24. The summed E-state index contributed by atoms with van der Waals surface area (Å²) in [7, 11) is 1.33. The van der Waals surface area contributed by atoms with E-state index in [2.05, 4.69) is 4.74 Å². The quantitative estimate of drug-likeness (QED) is 0.461. The van der Waals surface area contributed by atoms with Gasteiger partial charge in [0.15, 0.2) is 0 Å². The summed E-state index contributed by atoms with van der Waals surface area (Å²) in [5.41, 5.74) is -1.15. The van der Waals surface area contributed by atoms with E-state index in [0.717, 1.165) is 0 Å². The minimum atomic E-state index is -1.19. The Kier molecular flexibility index (Phi) is 7.10. The molecular weight excluding hydrogens is 194 g/mol. The summed E-state index contributed by atoms with van der Waals surface area (Å²) in [6.07, 6.45) is 0. The summed E-state index contributed by atoms with van der Waals surface area (Å²) >= 11 is 0. The van der Waals surface area contributed by atoms with Crippen molar-refractivity contribution in [2.75, 3.05) is 7.11 Å². The zero-order valence-corrected chi connectivity index (χ0v) is 11.1. The number of rotatable bonds is 2. The van der Waals surface area contributed by atoms with E-state index in [1.807, 2.05) is 0 Å². The predicted molar refractivity (Wildman–Crippen MR) is 26.1 cm³/mol. The average Bonchev–Trinajstić information content (AvgIpc) is 1.67. The van der Waals surface area contributed by atoms with Gasteiger partial charge in [0.25, 0.3) is 0 Å². The first-order chi connectivity index (χ1) is 3.50. The fraction of sp³-hybridized carbons (Fsp3) is 0.800. The Morgan fingerprint density at radius 1 is 1.56 bits per heavy atom. The molecular formula is C5H9O3Rb. The van der Waals surface area contributed by atoms with Gasteiger partial charge in [-0.25, -0.2) is 0 Å². The molecule has 0 unspecified atom stereocenters. The van der Waals surface area contributed by atoms with Crippen molar-refractivity contribution in [2.24, 2.45) is 0 Å². The molecule has 0 amide bonds. The summed E-state index contributed by atoms with van der Waals surface area (Å²) in [6, 6.07) is 0. The summed E-state index contributed by atoms with van der Waals surface area (Å²) < 4.78 is 4.54. The van der Waals surface area contributed by atoms with E-state index in [4.69, 9.17) is 0 Å². The van der Waals surface area contributed by atoms with E-state index < -0.39 is 11.6 Å². The van der Waals surface area contributed by atoms with Crippen LogP contribution in [-0.4, -0.2) is 18.7 Å². The number of carboxylic acid groups (broad SMARTS) is 1. The summed E-state index contributed by atoms with van der Waals surface area (Å²) in [4.78, 5) is 10.0. The second kappa shape index (κ2) is 4.96. The topological polar surface area (TPSA) is 49.4 Å². The molecule has 0 bridgehead atoms. The summed E-state index contributed by atoms with van der Waals surface area (Å²) in [6.45, 7) is 2.87. The van der Waals surface area contributed by atoms with E-state index in [1.165, 1.54) is 21.0 Å². The van der Waals surface area contributed by atoms with Crippen molar-refractivity contribution < 1.29 is 72.8 Å². The maximum atomic E-state index is 10.0. The van der Waals surface area contributed by atoms with Crippen LogP contribution < -0.4 is 63.3 Å². The van der Waals surface area contributed by atoms with E-state index in [-0.39, 0.29) is 58.2 Å². The molecule has 0 heterocycles. The van der Waals surface area contributed by atoms with Crippen LogP contribution in [-0.2, 0) is 9.53 Å². The maximum absolute atomic E-state index is 10.0. The molecule has 0 rings (SSSR count). The molecule has 0 fully saturated rings. The third-order valence-electron chi connectivity index (χ3n) is 1.00. The Morgan fingerprint density at radius 2 is 1.89 bits per heavy atom. The molecule has 3 nitrogen and oxygen atoms in total. The number of hydrogen-bond acceptors (Lipinski definition) is 3. The molecule has 48 valence electrons. The maximum Gasteiger partial charge on any atom is 1.00 e.